The summed E-state index contributed by atoms with van der Waals surface area (Å²) in [5.41, 5.74) is 13.6. The Morgan fingerprint density at radius 2 is 1.25 bits per heavy atom. The Morgan fingerprint density at radius 1 is 0.786 bits per heavy atom. The molecule has 3 rings (SSSR count). The fraction of sp³-hybridized carbons (Fsp3) is 0.0385. The van der Waals surface area contributed by atoms with Crippen LogP contribution in [0.5, 0.6) is 0 Å². The second-order valence-corrected chi connectivity index (χ2v) is 6.62. The molecule has 0 aliphatic carbocycles. The van der Waals surface area contributed by atoms with E-state index in [4.69, 9.17) is 11.1 Å². The van der Waals surface area contributed by atoms with Gasteiger partial charge in [-0.3, -0.25) is 0 Å². The minimum Gasteiger partial charge on any atom is -0.398 e. The summed E-state index contributed by atoms with van der Waals surface area (Å²) in [6.07, 6.45) is 5.15. The largest absolute Gasteiger partial charge is 0.398 e. The maximum absolute atomic E-state index is 8.07. The molecule has 0 radical (unpaired) electrons. The molecule has 0 bridgehead atoms. The molecule has 0 saturated heterocycles. The lowest BCUT2D eigenvalue weighted by Gasteiger charge is -2.07. The lowest BCUT2D eigenvalue weighted by Crippen LogP contribution is -2.02. The van der Waals surface area contributed by atoms with Gasteiger partial charge < -0.3 is 11.1 Å². The quantitative estimate of drug-likeness (QED) is 0.382. The van der Waals surface area contributed by atoms with Crippen molar-refractivity contribution in [3.05, 3.63) is 115 Å². The van der Waals surface area contributed by atoms with Gasteiger partial charge >= 0.3 is 0 Å². The van der Waals surface area contributed by atoms with Crippen LogP contribution in [0.3, 0.4) is 0 Å². The van der Waals surface area contributed by atoms with E-state index in [2.05, 4.69) is 55.1 Å². The molecule has 3 aromatic carbocycles. The molecule has 0 aromatic heterocycles. The summed E-state index contributed by atoms with van der Waals surface area (Å²) < 4.78 is 0. The Morgan fingerprint density at radius 3 is 1.75 bits per heavy atom. The number of hydrogen-bond acceptors (Lipinski definition) is 2. The highest BCUT2D eigenvalue weighted by atomic mass is 14.6. The van der Waals surface area contributed by atoms with E-state index < -0.39 is 0 Å². The van der Waals surface area contributed by atoms with E-state index in [1.165, 1.54) is 11.1 Å². The third-order valence-electron chi connectivity index (χ3n) is 4.64. The first-order chi connectivity index (χ1) is 13.6. The van der Waals surface area contributed by atoms with Gasteiger partial charge in [0.05, 0.1) is 5.71 Å². The Labute approximate surface area is 166 Å². The lowest BCUT2D eigenvalue weighted by atomic mass is 9.99. The van der Waals surface area contributed by atoms with Gasteiger partial charge in [-0.25, -0.2) is 0 Å². The fourth-order valence-corrected chi connectivity index (χ4v) is 2.96. The van der Waals surface area contributed by atoms with E-state index in [-0.39, 0.29) is 0 Å². The number of benzene rings is 3. The van der Waals surface area contributed by atoms with E-state index in [9.17, 15) is 0 Å². The van der Waals surface area contributed by atoms with Crippen molar-refractivity contribution in [1.29, 1.82) is 5.41 Å². The maximum atomic E-state index is 8.07. The highest BCUT2D eigenvalue weighted by molar-refractivity contribution is 6.09. The second kappa shape index (κ2) is 8.83. The molecular weight excluding hydrogens is 340 g/mol. The van der Waals surface area contributed by atoms with Crippen molar-refractivity contribution in [3.63, 3.8) is 0 Å². The standard InChI is InChI=1S/C26H24N2/c1-3-7-19(2)25(27)18-26(28)24-16-14-23(15-17-24)22-12-10-21(11-13-22)20-8-5-4-6-9-20/h3-18,27H,1,28H2,2H3/b19-7+,26-18?,27-25?. The molecule has 2 nitrogen and oxygen atoms in total. The third-order valence-corrected chi connectivity index (χ3v) is 4.64. The average Bonchev–Trinajstić information content (AvgIpc) is 2.74. The minimum atomic E-state index is 0.387. The van der Waals surface area contributed by atoms with Crippen LogP contribution in [0.4, 0.5) is 0 Å². The van der Waals surface area contributed by atoms with Crippen LogP contribution in [0.15, 0.2) is 109 Å². The normalized spacial score (nSPS) is 11.9. The first-order valence-electron chi connectivity index (χ1n) is 9.20. The molecule has 0 atom stereocenters. The highest BCUT2D eigenvalue weighted by Crippen LogP contribution is 2.25. The number of rotatable bonds is 6. The molecular formula is C26H24N2. The molecule has 0 aliphatic rings. The van der Waals surface area contributed by atoms with E-state index in [0.717, 1.165) is 22.3 Å². The van der Waals surface area contributed by atoms with Gasteiger partial charge in [-0.2, -0.15) is 0 Å². The fourth-order valence-electron chi connectivity index (χ4n) is 2.96. The van der Waals surface area contributed by atoms with Crippen molar-refractivity contribution < 1.29 is 0 Å². The lowest BCUT2D eigenvalue weighted by molar-refractivity contribution is 1.44. The molecule has 0 unspecified atom stereocenters. The van der Waals surface area contributed by atoms with Crippen LogP contribution in [-0.4, -0.2) is 5.71 Å². The maximum Gasteiger partial charge on any atom is 0.0589 e. The molecule has 0 heterocycles. The van der Waals surface area contributed by atoms with Crippen LogP contribution in [0.25, 0.3) is 28.0 Å². The number of nitrogens with two attached hydrogens (primary N) is 1. The van der Waals surface area contributed by atoms with Gasteiger partial charge in [-0.1, -0.05) is 97.6 Å². The summed E-state index contributed by atoms with van der Waals surface area (Å²) in [6, 6.07) is 27.0. The van der Waals surface area contributed by atoms with Crippen molar-refractivity contribution in [1.82, 2.24) is 0 Å². The summed E-state index contributed by atoms with van der Waals surface area (Å²) >= 11 is 0. The average molecular weight is 364 g/mol. The highest BCUT2D eigenvalue weighted by Gasteiger charge is 2.03. The molecule has 3 aromatic rings. The summed E-state index contributed by atoms with van der Waals surface area (Å²) in [7, 11) is 0. The van der Waals surface area contributed by atoms with Crippen LogP contribution in [-0.2, 0) is 0 Å². The van der Waals surface area contributed by atoms with Crippen LogP contribution in [0, 0.1) is 5.41 Å². The van der Waals surface area contributed by atoms with Gasteiger partial charge in [0, 0.05) is 5.70 Å². The first kappa shape index (κ1) is 19.1. The van der Waals surface area contributed by atoms with Crippen LogP contribution in [0.1, 0.15) is 12.5 Å². The smallest absolute Gasteiger partial charge is 0.0589 e. The van der Waals surface area contributed by atoms with E-state index in [0.29, 0.717) is 11.4 Å². The number of hydrogen-bond donors (Lipinski definition) is 2. The van der Waals surface area contributed by atoms with E-state index >= 15 is 0 Å². The molecule has 0 amide bonds. The number of nitrogens with one attached hydrogen (secondary N) is 1. The zero-order chi connectivity index (χ0) is 19.9. The first-order valence-corrected chi connectivity index (χ1v) is 9.20. The van der Waals surface area contributed by atoms with Gasteiger partial charge in [-0.15, -0.1) is 0 Å². The van der Waals surface area contributed by atoms with Crippen molar-refractivity contribution in [2.45, 2.75) is 6.92 Å². The Balaban J connectivity index is 1.78. The summed E-state index contributed by atoms with van der Waals surface area (Å²) in [5.74, 6) is 0. The summed E-state index contributed by atoms with van der Waals surface area (Å²) in [4.78, 5) is 0. The number of allylic oxidation sites excluding steroid dienone is 4. The molecule has 0 fully saturated rings. The van der Waals surface area contributed by atoms with Gasteiger partial charge in [0.25, 0.3) is 0 Å². The zero-order valence-electron chi connectivity index (χ0n) is 16.0. The topological polar surface area (TPSA) is 49.9 Å². The zero-order valence-corrected chi connectivity index (χ0v) is 16.0. The molecule has 0 saturated carbocycles. The second-order valence-electron chi connectivity index (χ2n) is 6.62. The molecule has 138 valence electrons. The van der Waals surface area contributed by atoms with E-state index in [1.54, 1.807) is 18.2 Å². The summed E-state index contributed by atoms with van der Waals surface area (Å²) in [6.45, 7) is 5.53. The van der Waals surface area contributed by atoms with Gasteiger partial charge in [0.1, 0.15) is 0 Å². The van der Waals surface area contributed by atoms with E-state index in [1.807, 2.05) is 37.3 Å². The van der Waals surface area contributed by atoms with Crippen LogP contribution in [0.2, 0.25) is 0 Å². The SMILES string of the molecule is C=C/C=C(\C)C(=N)C=C(N)c1ccc(-c2ccc(-c3ccccc3)cc2)cc1. The van der Waals surface area contributed by atoms with Crippen molar-refractivity contribution in [2.24, 2.45) is 5.73 Å². The molecule has 28 heavy (non-hydrogen) atoms. The van der Waals surface area contributed by atoms with Crippen LogP contribution < -0.4 is 5.73 Å². The Bertz CT molecular complexity index is 1020. The monoisotopic (exact) mass is 364 g/mol. The predicted octanol–water partition coefficient (Wildman–Crippen LogP) is 6.47. The summed E-state index contributed by atoms with van der Waals surface area (Å²) in [5, 5.41) is 8.07. The molecule has 0 spiro atoms. The van der Waals surface area contributed by atoms with Gasteiger partial charge in [-0.05, 0) is 46.4 Å². The minimum absolute atomic E-state index is 0.387. The van der Waals surface area contributed by atoms with Gasteiger partial charge in [0.15, 0.2) is 0 Å². The van der Waals surface area contributed by atoms with Crippen molar-refractivity contribution >= 4 is 11.4 Å². The Hall–Kier alpha value is -3.65. The third kappa shape index (κ3) is 4.54. The Kier molecular flexibility index (Phi) is 6.03. The molecule has 2 heteroatoms. The van der Waals surface area contributed by atoms with Crippen molar-refractivity contribution in [2.75, 3.05) is 0 Å². The molecule has 3 N–H and O–H groups in total. The predicted molar refractivity (Wildman–Crippen MR) is 121 cm³/mol. The van der Waals surface area contributed by atoms with Crippen LogP contribution >= 0.6 is 0 Å². The van der Waals surface area contributed by atoms with Crippen molar-refractivity contribution in [3.8, 4) is 22.3 Å². The molecule has 0 aliphatic heterocycles. The van der Waals surface area contributed by atoms with Gasteiger partial charge in [0.2, 0.25) is 0 Å².